The normalized spacial score (nSPS) is 19.4. The van der Waals surface area contributed by atoms with Crippen LogP contribution in [0.4, 0.5) is 0 Å². The molecule has 0 bridgehead atoms. The summed E-state index contributed by atoms with van der Waals surface area (Å²) in [6, 6.07) is 2.15. The van der Waals surface area contributed by atoms with Gasteiger partial charge in [0, 0.05) is 20.2 Å². The van der Waals surface area contributed by atoms with Crippen LogP contribution in [0.15, 0.2) is 16.8 Å². The fourth-order valence-electron chi connectivity index (χ4n) is 2.77. The largest absolute Gasteiger partial charge is 0.383 e. The molecule has 0 spiro atoms. The van der Waals surface area contributed by atoms with E-state index in [2.05, 4.69) is 28.7 Å². The third-order valence-electron chi connectivity index (χ3n) is 3.89. The zero-order valence-electron chi connectivity index (χ0n) is 12.4. The Morgan fingerprint density at radius 2 is 2.45 bits per heavy atom. The fraction of sp³-hybridized carbons (Fsp3) is 0.667. The highest BCUT2D eigenvalue weighted by atomic mass is 32.1. The van der Waals surface area contributed by atoms with E-state index in [0.717, 1.165) is 25.9 Å². The molecular formula is C15H24N2O2S. The second-order valence-corrected chi connectivity index (χ2v) is 5.95. The van der Waals surface area contributed by atoms with Crippen LogP contribution >= 0.6 is 11.3 Å². The van der Waals surface area contributed by atoms with Gasteiger partial charge >= 0.3 is 0 Å². The molecule has 2 rings (SSSR count). The van der Waals surface area contributed by atoms with Crippen LogP contribution in [-0.4, -0.2) is 55.1 Å². The molecule has 0 unspecified atom stereocenters. The van der Waals surface area contributed by atoms with Gasteiger partial charge in [-0.2, -0.15) is 11.3 Å². The zero-order chi connectivity index (χ0) is 14.4. The molecule has 0 aliphatic carbocycles. The predicted octanol–water partition coefficient (Wildman–Crippen LogP) is 2.21. The first-order chi connectivity index (χ1) is 9.76. The Labute approximate surface area is 125 Å². The maximum absolute atomic E-state index is 12.8. The second kappa shape index (κ2) is 7.76. The number of carbonyl (C=O) groups is 1. The number of hydrogen-bond donors (Lipinski definition) is 0. The van der Waals surface area contributed by atoms with Gasteiger partial charge in [-0.25, -0.2) is 0 Å². The molecule has 4 nitrogen and oxygen atoms in total. The zero-order valence-corrected chi connectivity index (χ0v) is 13.2. The van der Waals surface area contributed by atoms with E-state index >= 15 is 0 Å². The van der Waals surface area contributed by atoms with E-state index in [1.165, 1.54) is 5.56 Å². The first-order valence-corrected chi connectivity index (χ1v) is 8.23. The third kappa shape index (κ3) is 3.81. The van der Waals surface area contributed by atoms with Crippen molar-refractivity contribution in [1.82, 2.24) is 9.80 Å². The van der Waals surface area contributed by atoms with Gasteiger partial charge in [0.1, 0.15) is 0 Å². The van der Waals surface area contributed by atoms with Gasteiger partial charge in [-0.05, 0) is 48.3 Å². The Balaban J connectivity index is 2.02. The lowest BCUT2D eigenvalue weighted by molar-refractivity contribution is -0.137. The number of thiophene rings is 1. The molecule has 1 amide bonds. The van der Waals surface area contributed by atoms with Gasteiger partial charge in [-0.15, -0.1) is 0 Å². The summed E-state index contributed by atoms with van der Waals surface area (Å²) in [5.74, 6) is 0.257. The molecule has 1 aromatic heterocycles. The van der Waals surface area contributed by atoms with Crippen LogP contribution in [0.1, 0.15) is 25.3 Å². The number of likely N-dealkylation sites (N-methyl/N-ethyl adjacent to an activating group) is 1. The number of ether oxygens (including phenoxy) is 1. The maximum atomic E-state index is 12.8. The van der Waals surface area contributed by atoms with Crippen LogP contribution in [0.3, 0.4) is 0 Å². The third-order valence-corrected chi connectivity index (χ3v) is 4.62. The monoisotopic (exact) mass is 296 g/mol. The summed E-state index contributed by atoms with van der Waals surface area (Å²) in [5, 5.41) is 4.17. The lowest BCUT2D eigenvalue weighted by atomic mass is 10.1. The fourth-order valence-corrected chi connectivity index (χ4v) is 3.43. The summed E-state index contributed by atoms with van der Waals surface area (Å²) in [6.45, 7) is 6.08. The van der Waals surface area contributed by atoms with Crippen LogP contribution in [0.25, 0.3) is 0 Å². The van der Waals surface area contributed by atoms with Crippen molar-refractivity contribution in [2.24, 2.45) is 0 Å². The minimum absolute atomic E-state index is 0.0653. The minimum Gasteiger partial charge on any atom is -0.383 e. The highest BCUT2D eigenvalue weighted by molar-refractivity contribution is 7.07. The van der Waals surface area contributed by atoms with E-state index in [0.29, 0.717) is 19.7 Å². The maximum Gasteiger partial charge on any atom is 0.240 e. The molecule has 0 N–H and O–H groups in total. The number of carbonyl (C=O) groups excluding carboxylic acids is 1. The van der Waals surface area contributed by atoms with Crippen molar-refractivity contribution >= 4 is 17.2 Å². The molecule has 1 fully saturated rings. The standard InChI is InChI=1S/C15H24N2O2S/c1-3-16-7-4-5-14(16)15(18)17(8-9-19-2)11-13-6-10-20-12-13/h6,10,12,14H,3-5,7-9,11H2,1-2H3/t14-/m0/s1. The van der Waals surface area contributed by atoms with E-state index in [4.69, 9.17) is 4.74 Å². The molecule has 0 aromatic carbocycles. The minimum atomic E-state index is 0.0653. The van der Waals surface area contributed by atoms with Gasteiger partial charge in [-0.3, -0.25) is 9.69 Å². The molecule has 1 atom stereocenters. The molecule has 1 aliphatic rings. The van der Waals surface area contributed by atoms with E-state index < -0.39 is 0 Å². The number of rotatable bonds is 7. The summed E-state index contributed by atoms with van der Waals surface area (Å²) in [5.41, 5.74) is 1.21. The molecule has 0 saturated carbocycles. The molecule has 1 saturated heterocycles. The van der Waals surface area contributed by atoms with E-state index in [-0.39, 0.29) is 11.9 Å². The van der Waals surface area contributed by atoms with Gasteiger partial charge in [-0.1, -0.05) is 6.92 Å². The highest BCUT2D eigenvalue weighted by Crippen LogP contribution is 2.20. The van der Waals surface area contributed by atoms with Crippen molar-refractivity contribution in [2.75, 3.05) is 33.4 Å². The quantitative estimate of drug-likeness (QED) is 0.773. The summed E-state index contributed by atoms with van der Waals surface area (Å²) in [6.07, 6.45) is 2.11. The van der Waals surface area contributed by atoms with Gasteiger partial charge < -0.3 is 9.64 Å². The molecule has 2 heterocycles. The molecule has 112 valence electrons. The Kier molecular flexibility index (Phi) is 6.01. The van der Waals surface area contributed by atoms with Crippen molar-refractivity contribution in [3.05, 3.63) is 22.4 Å². The average molecular weight is 296 g/mol. The lowest BCUT2D eigenvalue weighted by Gasteiger charge is -2.29. The van der Waals surface area contributed by atoms with Crippen molar-refractivity contribution in [3.63, 3.8) is 0 Å². The SMILES string of the molecule is CCN1CCC[C@H]1C(=O)N(CCOC)Cc1ccsc1. The molecular weight excluding hydrogens is 272 g/mol. The van der Waals surface area contributed by atoms with Crippen LogP contribution in [-0.2, 0) is 16.1 Å². The van der Waals surface area contributed by atoms with Gasteiger partial charge in [0.2, 0.25) is 5.91 Å². The summed E-state index contributed by atoms with van der Waals surface area (Å²) in [7, 11) is 1.68. The van der Waals surface area contributed by atoms with Crippen LogP contribution in [0.2, 0.25) is 0 Å². The first kappa shape index (κ1) is 15.5. The molecule has 1 aromatic rings. The number of amides is 1. The van der Waals surface area contributed by atoms with Crippen molar-refractivity contribution in [2.45, 2.75) is 32.4 Å². The van der Waals surface area contributed by atoms with Crippen molar-refractivity contribution < 1.29 is 9.53 Å². The lowest BCUT2D eigenvalue weighted by Crippen LogP contribution is -2.46. The molecule has 0 radical (unpaired) electrons. The number of nitrogens with zero attached hydrogens (tertiary/aromatic N) is 2. The van der Waals surface area contributed by atoms with Gasteiger partial charge in [0.25, 0.3) is 0 Å². The second-order valence-electron chi connectivity index (χ2n) is 5.17. The number of methoxy groups -OCH3 is 1. The number of likely N-dealkylation sites (tertiary alicyclic amines) is 1. The smallest absolute Gasteiger partial charge is 0.240 e. The Bertz CT molecular complexity index is 408. The molecule has 5 heteroatoms. The van der Waals surface area contributed by atoms with Crippen molar-refractivity contribution in [3.8, 4) is 0 Å². The molecule has 1 aliphatic heterocycles. The number of hydrogen-bond acceptors (Lipinski definition) is 4. The first-order valence-electron chi connectivity index (χ1n) is 7.29. The average Bonchev–Trinajstić information content (AvgIpc) is 3.13. The Morgan fingerprint density at radius 1 is 1.60 bits per heavy atom. The van der Waals surface area contributed by atoms with E-state index in [9.17, 15) is 4.79 Å². The summed E-state index contributed by atoms with van der Waals surface area (Å²) >= 11 is 1.67. The van der Waals surface area contributed by atoms with Crippen LogP contribution < -0.4 is 0 Å². The highest BCUT2D eigenvalue weighted by Gasteiger charge is 2.32. The van der Waals surface area contributed by atoms with Crippen LogP contribution in [0.5, 0.6) is 0 Å². The van der Waals surface area contributed by atoms with E-state index in [1.807, 2.05) is 4.90 Å². The van der Waals surface area contributed by atoms with Gasteiger partial charge in [0.15, 0.2) is 0 Å². The Morgan fingerprint density at radius 3 is 3.10 bits per heavy atom. The topological polar surface area (TPSA) is 32.8 Å². The summed E-state index contributed by atoms with van der Waals surface area (Å²) < 4.78 is 5.15. The van der Waals surface area contributed by atoms with Crippen molar-refractivity contribution in [1.29, 1.82) is 0 Å². The van der Waals surface area contributed by atoms with E-state index in [1.54, 1.807) is 18.4 Å². The van der Waals surface area contributed by atoms with Gasteiger partial charge in [0.05, 0.1) is 12.6 Å². The predicted molar refractivity (Wildman–Crippen MR) is 81.9 cm³/mol. The van der Waals surface area contributed by atoms with Crippen LogP contribution in [0, 0.1) is 0 Å². The summed E-state index contributed by atoms with van der Waals surface area (Å²) in [4.78, 5) is 17.0. The molecule has 20 heavy (non-hydrogen) atoms. The Hall–Kier alpha value is -0.910.